The Morgan fingerprint density at radius 3 is 2.68 bits per heavy atom. The molecule has 3 N–H and O–H groups in total. The number of nitrogens with one attached hydrogen (secondary N) is 1. The van der Waals surface area contributed by atoms with E-state index in [1.165, 1.54) is 17.7 Å². The summed E-state index contributed by atoms with van der Waals surface area (Å²) in [5, 5.41) is 5.14. The molecule has 1 unspecified atom stereocenters. The van der Waals surface area contributed by atoms with Crippen molar-refractivity contribution in [2.45, 2.75) is 38.8 Å². The Morgan fingerprint density at radius 2 is 2.14 bits per heavy atom. The van der Waals surface area contributed by atoms with Gasteiger partial charge in [0.05, 0.1) is 0 Å². The van der Waals surface area contributed by atoms with Gasteiger partial charge in [-0.3, -0.25) is 9.69 Å². The average Bonchev–Trinajstić information content (AvgIpc) is 2.90. The number of thiophene rings is 1. The maximum absolute atomic E-state index is 11.6. The van der Waals surface area contributed by atoms with Gasteiger partial charge in [-0.25, -0.2) is 0 Å². The summed E-state index contributed by atoms with van der Waals surface area (Å²) in [4.78, 5) is 15.5. The molecule has 2 heterocycles. The molecule has 4 nitrogen and oxygen atoms in total. The Bertz CT molecular complexity index is 407. The molecule has 7 heteroatoms. The van der Waals surface area contributed by atoms with Gasteiger partial charge in [0.1, 0.15) is 0 Å². The Hall–Kier alpha value is -0.330. The molecule has 1 fully saturated rings. The van der Waals surface area contributed by atoms with Gasteiger partial charge in [-0.15, -0.1) is 36.2 Å². The van der Waals surface area contributed by atoms with Gasteiger partial charge in [0.25, 0.3) is 0 Å². The molecular weight excluding hydrogens is 341 g/mol. The van der Waals surface area contributed by atoms with E-state index in [-0.39, 0.29) is 36.8 Å². The first kappa shape index (κ1) is 21.7. The van der Waals surface area contributed by atoms with E-state index >= 15 is 0 Å². The van der Waals surface area contributed by atoms with Gasteiger partial charge in [0.2, 0.25) is 5.91 Å². The maximum Gasteiger partial charge on any atom is 0.221 e. The van der Waals surface area contributed by atoms with E-state index in [4.69, 9.17) is 5.73 Å². The summed E-state index contributed by atoms with van der Waals surface area (Å²) < 4.78 is 0. The molecule has 22 heavy (non-hydrogen) atoms. The third-order valence-electron chi connectivity index (χ3n) is 3.76. The van der Waals surface area contributed by atoms with Crippen molar-refractivity contribution in [3.8, 4) is 0 Å². The lowest BCUT2D eigenvalue weighted by Crippen LogP contribution is -2.39. The molecule has 0 radical (unpaired) electrons. The lowest BCUT2D eigenvalue weighted by molar-refractivity contribution is -0.121. The van der Waals surface area contributed by atoms with Gasteiger partial charge in [-0.1, -0.05) is 6.07 Å². The van der Waals surface area contributed by atoms with E-state index in [9.17, 15) is 4.79 Å². The van der Waals surface area contributed by atoms with Crippen molar-refractivity contribution in [2.75, 3.05) is 19.6 Å². The SMILES string of the molecule is CC(N)CC(=O)NCC1CCN(Cc2cccs2)CC1.Cl.Cl. The molecule has 1 atom stereocenters. The highest BCUT2D eigenvalue weighted by atomic mass is 35.5. The molecule has 0 aromatic carbocycles. The quantitative estimate of drug-likeness (QED) is 0.812. The van der Waals surface area contributed by atoms with E-state index < -0.39 is 0 Å². The van der Waals surface area contributed by atoms with Crippen LogP contribution in [0.3, 0.4) is 0 Å². The van der Waals surface area contributed by atoms with Gasteiger partial charge < -0.3 is 11.1 Å². The fourth-order valence-electron chi connectivity index (χ4n) is 2.59. The standard InChI is InChI=1S/C15H25N3OS.2ClH/c1-12(16)9-15(19)17-10-13-4-6-18(7-5-13)11-14-3-2-8-20-14;;/h2-3,8,12-13H,4-7,9-11,16H2,1H3,(H,17,19);2*1H. The van der Waals surface area contributed by atoms with Crippen LogP contribution in [0, 0.1) is 5.92 Å². The van der Waals surface area contributed by atoms with E-state index in [1.54, 1.807) is 0 Å². The molecule has 1 aromatic rings. The van der Waals surface area contributed by atoms with E-state index in [1.807, 2.05) is 18.3 Å². The van der Waals surface area contributed by atoms with Gasteiger partial charge in [0.15, 0.2) is 0 Å². The number of nitrogens with zero attached hydrogens (tertiary/aromatic N) is 1. The largest absolute Gasteiger partial charge is 0.356 e. The third kappa shape index (κ3) is 7.79. The predicted molar refractivity (Wildman–Crippen MR) is 98.1 cm³/mol. The first-order chi connectivity index (χ1) is 9.63. The van der Waals surface area contributed by atoms with Crippen LogP contribution in [0.4, 0.5) is 0 Å². The van der Waals surface area contributed by atoms with E-state index in [0.29, 0.717) is 12.3 Å². The van der Waals surface area contributed by atoms with Gasteiger partial charge in [-0.05, 0) is 50.2 Å². The monoisotopic (exact) mass is 367 g/mol. The molecule has 1 aliphatic rings. The number of hydrogen-bond acceptors (Lipinski definition) is 4. The number of hydrogen-bond donors (Lipinski definition) is 2. The van der Waals surface area contributed by atoms with Crippen LogP contribution in [0.1, 0.15) is 31.1 Å². The summed E-state index contributed by atoms with van der Waals surface area (Å²) in [5.41, 5.74) is 5.62. The highest BCUT2D eigenvalue weighted by Crippen LogP contribution is 2.20. The lowest BCUT2D eigenvalue weighted by Gasteiger charge is -2.31. The van der Waals surface area contributed by atoms with Crippen molar-refractivity contribution < 1.29 is 4.79 Å². The minimum atomic E-state index is -0.0531. The number of piperidine rings is 1. The van der Waals surface area contributed by atoms with Crippen LogP contribution in [-0.2, 0) is 11.3 Å². The Labute approximate surface area is 149 Å². The molecule has 1 aromatic heterocycles. The van der Waals surface area contributed by atoms with Crippen LogP contribution >= 0.6 is 36.2 Å². The smallest absolute Gasteiger partial charge is 0.221 e. The fourth-order valence-corrected chi connectivity index (χ4v) is 3.34. The van der Waals surface area contributed by atoms with Crippen molar-refractivity contribution in [3.63, 3.8) is 0 Å². The second-order valence-electron chi connectivity index (χ2n) is 5.78. The molecule has 0 spiro atoms. The maximum atomic E-state index is 11.6. The summed E-state index contributed by atoms with van der Waals surface area (Å²) in [6.07, 6.45) is 2.77. The average molecular weight is 368 g/mol. The number of carbonyl (C=O) groups excluding carboxylic acids is 1. The Balaban J connectivity index is 0.00000220. The number of amides is 1. The molecule has 0 bridgehead atoms. The minimum Gasteiger partial charge on any atom is -0.356 e. The Morgan fingerprint density at radius 1 is 1.45 bits per heavy atom. The second kappa shape index (κ2) is 11.2. The fraction of sp³-hybridized carbons (Fsp3) is 0.667. The van der Waals surface area contributed by atoms with Gasteiger partial charge >= 0.3 is 0 Å². The van der Waals surface area contributed by atoms with Crippen LogP contribution in [-0.4, -0.2) is 36.5 Å². The summed E-state index contributed by atoms with van der Waals surface area (Å²) >= 11 is 1.83. The zero-order valence-corrected chi connectivity index (χ0v) is 15.4. The van der Waals surface area contributed by atoms with Crippen LogP contribution < -0.4 is 11.1 Å². The summed E-state index contributed by atoms with van der Waals surface area (Å²) in [7, 11) is 0. The minimum absolute atomic E-state index is 0. The summed E-state index contributed by atoms with van der Waals surface area (Å²) in [6.45, 7) is 6.00. The van der Waals surface area contributed by atoms with Crippen LogP contribution in [0.5, 0.6) is 0 Å². The zero-order chi connectivity index (χ0) is 14.4. The molecule has 1 aliphatic heterocycles. The second-order valence-corrected chi connectivity index (χ2v) is 6.82. The highest BCUT2D eigenvalue weighted by Gasteiger charge is 2.20. The van der Waals surface area contributed by atoms with E-state index in [0.717, 1.165) is 26.2 Å². The Kier molecular flexibility index (Phi) is 11.1. The molecule has 2 rings (SSSR count). The van der Waals surface area contributed by atoms with Crippen LogP contribution in [0.25, 0.3) is 0 Å². The number of nitrogens with two attached hydrogens (primary N) is 1. The molecule has 1 amide bonds. The molecule has 128 valence electrons. The van der Waals surface area contributed by atoms with Crippen LogP contribution in [0.15, 0.2) is 17.5 Å². The molecule has 1 saturated heterocycles. The number of rotatable bonds is 6. The number of halogens is 2. The summed E-state index contributed by atoms with van der Waals surface area (Å²) in [5.74, 6) is 0.702. The molecule has 0 saturated carbocycles. The highest BCUT2D eigenvalue weighted by molar-refractivity contribution is 7.09. The normalized spacial score (nSPS) is 17.2. The molecule has 0 aliphatic carbocycles. The van der Waals surface area contributed by atoms with Crippen molar-refractivity contribution in [3.05, 3.63) is 22.4 Å². The van der Waals surface area contributed by atoms with Crippen LogP contribution in [0.2, 0.25) is 0 Å². The lowest BCUT2D eigenvalue weighted by atomic mass is 9.96. The van der Waals surface area contributed by atoms with Gasteiger partial charge in [0, 0.05) is 30.4 Å². The van der Waals surface area contributed by atoms with Gasteiger partial charge in [-0.2, -0.15) is 0 Å². The zero-order valence-electron chi connectivity index (χ0n) is 13.0. The van der Waals surface area contributed by atoms with E-state index in [2.05, 4.69) is 27.7 Å². The third-order valence-corrected chi connectivity index (χ3v) is 4.62. The summed E-state index contributed by atoms with van der Waals surface area (Å²) in [6, 6.07) is 4.26. The molecular formula is C15H27Cl2N3OS. The van der Waals surface area contributed by atoms with Crippen molar-refractivity contribution in [2.24, 2.45) is 11.7 Å². The van der Waals surface area contributed by atoms with Crippen molar-refractivity contribution in [1.82, 2.24) is 10.2 Å². The topological polar surface area (TPSA) is 58.4 Å². The first-order valence-electron chi connectivity index (χ1n) is 7.40. The van der Waals surface area contributed by atoms with Crippen molar-refractivity contribution in [1.29, 1.82) is 0 Å². The first-order valence-corrected chi connectivity index (χ1v) is 8.28. The number of carbonyl (C=O) groups is 1. The predicted octanol–water partition coefficient (Wildman–Crippen LogP) is 2.66. The van der Waals surface area contributed by atoms with Crippen molar-refractivity contribution >= 4 is 42.1 Å². The number of likely N-dealkylation sites (tertiary alicyclic amines) is 1.